The van der Waals surface area contributed by atoms with Crippen LogP contribution in [0.3, 0.4) is 0 Å². The molecule has 2 atom stereocenters. The van der Waals surface area contributed by atoms with Crippen molar-refractivity contribution in [3.63, 3.8) is 0 Å². The highest BCUT2D eigenvalue weighted by Gasteiger charge is 2.42. The molecule has 1 amide bonds. The molecule has 0 unspecified atom stereocenters. The van der Waals surface area contributed by atoms with E-state index in [9.17, 15) is 19.3 Å². The Morgan fingerprint density at radius 1 is 1.12 bits per heavy atom. The largest absolute Gasteiger partial charge is 0.365 e. The molecule has 1 saturated heterocycles. The van der Waals surface area contributed by atoms with Crippen LogP contribution in [0.5, 0.6) is 0 Å². The Morgan fingerprint density at radius 3 is 2.71 bits per heavy atom. The highest BCUT2D eigenvalue weighted by atomic mass is 19.1. The molecular formula is C25H24FN5O3. The van der Waals surface area contributed by atoms with E-state index in [2.05, 4.69) is 15.2 Å². The molecule has 2 aliphatic rings. The van der Waals surface area contributed by atoms with Crippen LogP contribution in [0.2, 0.25) is 0 Å². The van der Waals surface area contributed by atoms with Crippen molar-refractivity contribution in [2.45, 2.75) is 19.0 Å². The van der Waals surface area contributed by atoms with Gasteiger partial charge in [-0.25, -0.2) is 4.39 Å². The smallest absolute Gasteiger partial charge is 0.269 e. The lowest BCUT2D eigenvalue weighted by molar-refractivity contribution is -0.384. The molecule has 1 N–H and O–H groups in total. The zero-order chi connectivity index (χ0) is 23.7. The number of carbonyl (C=O) groups is 1. The lowest BCUT2D eigenvalue weighted by Gasteiger charge is -2.49. The van der Waals surface area contributed by atoms with Gasteiger partial charge in [-0.1, -0.05) is 18.2 Å². The van der Waals surface area contributed by atoms with Crippen molar-refractivity contribution < 1.29 is 14.1 Å². The number of pyridine rings is 1. The Kier molecular flexibility index (Phi) is 5.83. The van der Waals surface area contributed by atoms with Gasteiger partial charge in [0.15, 0.2) is 0 Å². The zero-order valence-corrected chi connectivity index (χ0v) is 18.4. The Hall–Kier alpha value is -4.01. The SMILES string of the molecule is O=C(NCc1ccccn1)[C@H]1Cc2cc([N+](=O)[O-])ccc2N2CCN(c3ccccc3F)C[C@H]12. The standard InChI is InChI=1S/C25H24FN5O3/c26-21-6-1-2-7-23(21)29-11-12-30-22-9-8-19(31(33)34)13-17(22)14-20(24(30)16-29)25(32)28-15-18-5-3-4-10-27-18/h1-10,13,20,24H,11-12,14-16H2,(H,28,32)/t20-,24+/m0/s1. The first kappa shape index (κ1) is 21.8. The summed E-state index contributed by atoms with van der Waals surface area (Å²) in [4.78, 5) is 32.7. The molecule has 0 saturated carbocycles. The lowest BCUT2D eigenvalue weighted by atomic mass is 9.83. The first-order chi connectivity index (χ1) is 16.5. The van der Waals surface area contributed by atoms with E-state index < -0.39 is 10.8 Å². The number of halogens is 1. The predicted octanol–water partition coefficient (Wildman–Crippen LogP) is 3.31. The van der Waals surface area contributed by atoms with Gasteiger partial charge in [-0.05, 0) is 42.3 Å². The third kappa shape index (κ3) is 4.16. The molecule has 174 valence electrons. The van der Waals surface area contributed by atoms with E-state index in [0.717, 1.165) is 16.9 Å². The predicted molar refractivity (Wildman–Crippen MR) is 126 cm³/mol. The number of piperazine rings is 1. The van der Waals surface area contributed by atoms with Gasteiger partial charge in [0.2, 0.25) is 5.91 Å². The fourth-order valence-electron chi connectivity index (χ4n) is 4.96. The van der Waals surface area contributed by atoms with Gasteiger partial charge in [0, 0.05) is 43.7 Å². The molecule has 3 heterocycles. The number of para-hydroxylation sites is 1. The van der Waals surface area contributed by atoms with E-state index in [1.165, 1.54) is 12.1 Å². The van der Waals surface area contributed by atoms with E-state index in [1.54, 1.807) is 36.5 Å². The summed E-state index contributed by atoms with van der Waals surface area (Å²) in [7, 11) is 0. The number of nitro groups is 1. The van der Waals surface area contributed by atoms with Crippen LogP contribution in [0.1, 0.15) is 11.3 Å². The minimum Gasteiger partial charge on any atom is -0.365 e. The fourth-order valence-corrected chi connectivity index (χ4v) is 4.96. The Bertz CT molecular complexity index is 1220. The van der Waals surface area contributed by atoms with Crippen LogP contribution in [-0.4, -0.2) is 41.5 Å². The van der Waals surface area contributed by atoms with Crippen LogP contribution in [0.25, 0.3) is 0 Å². The van der Waals surface area contributed by atoms with Gasteiger partial charge in [0.1, 0.15) is 5.82 Å². The summed E-state index contributed by atoms with van der Waals surface area (Å²) in [6, 6.07) is 16.8. The lowest BCUT2D eigenvalue weighted by Crippen LogP contribution is -2.61. The molecule has 2 aliphatic heterocycles. The maximum absolute atomic E-state index is 14.5. The molecule has 1 aromatic heterocycles. The van der Waals surface area contributed by atoms with E-state index in [0.29, 0.717) is 38.3 Å². The average molecular weight is 461 g/mol. The number of rotatable bonds is 5. The van der Waals surface area contributed by atoms with Crippen molar-refractivity contribution in [3.8, 4) is 0 Å². The topological polar surface area (TPSA) is 91.6 Å². The highest BCUT2D eigenvalue weighted by molar-refractivity contribution is 5.82. The summed E-state index contributed by atoms with van der Waals surface area (Å²) in [5.74, 6) is -0.889. The van der Waals surface area contributed by atoms with Crippen molar-refractivity contribution >= 4 is 23.0 Å². The summed E-state index contributed by atoms with van der Waals surface area (Å²) >= 11 is 0. The van der Waals surface area contributed by atoms with E-state index in [1.807, 2.05) is 23.1 Å². The number of carbonyl (C=O) groups excluding carboxylic acids is 1. The van der Waals surface area contributed by atoms with Gasteiger partial charge < -0.3 is 15.1 Å². The number of benzene rings is 2. The number of aromatic nitrogens is 1. The summed E-state index contributed by atoms with van der Waals surface area (Å²) in [6.07, 6.45) is 2.05. The van der Waals surface area contributed by atoms with Crippen LogP contribution in [0.15, 0.2) is 66.9 Å². The number of non-ortho nitro benzene ring substituents is 1. The quantitative estimate of drug-likeness (QED) is 0.463. The van der Waals surface area contributed by atoms with Crippen molar-refractivity contribution in [1.29, 1.82) is 0 Å². The normalized spacial score (nSPS) is 19.2. The first-order valence-corrected chi connectivity index (χ1v) is 11.2. The van der Waals surface area contributed by atoms with Crippen molar-refractivity contribution in [1.82, 2.24) is 10.3 Å². The average Bonchev–Trinajstić information content (AvgIpc) is 2.87. The fraction of sp³-hybridized carbons (Fsp3) is 0.280. The van der Waals surface area contributed by atoms with Crippen molar-refractivity contribution in [2.75, 3.05) is 29.4 Å². The summed E-state index contributed by atoms with van der Waals surface area (Å²) < 4.78 is 14.5. The van der Waals surface area contributed by atoms with Crippen LogP contribution in [0, 0.1) is 21.8 Å². The summed E-state index contributed by atoms with van der Waals surface area (Å²) in [5, 5.41) is 14.3. The molecule has 0 spiro atoms. The van der Waals surface area contributed by atoms with Gasteiger partial charge in [0.05, 0.1) is 34.8 Å². The number of fused-ring (bicyclic) bond motifs is 3. The minimum absolute atomic E-state index is 0.00911. The number of nitrogens with zero attached hydrogens (tertiary/aromatic N) is 4. The third-order valence-corrected chi connectivity index (χ3v) is 6.61. The molecule has 0 radical (unpaired) electrons. The number of anilines is 2. The Labute approximate surface area is 196 Å². The number of nitro benzene ring substituents is 1. The zero-order valence-electron chi connectivity index (χ0n) is 18.4. The van der Waals surface area contributed by atoms with Crippen LogP contribution in [-0.2, 0) is 17.8 Å². The van der Waals surface area contributed by atoms with E-state index in [-0.39, 0.29) is 23.5 Å². The molecule has 0 bridgehead atoms. The second-order valence-corrected chi connectivity index (χ2v) is 8.58. The number of hydrogen-bond acceptors (Lipinski definition) is 6. The Balaban J connectivity index is 1.45. The molecule has 34 heavy (non-hydrogen) atoms. The maximum Gasteiger partial charge on any atom is 0.269 e. The minimum atomic E-state index is -0.451. The van der Waals surface area contributed by atoms with Crippen LogP contribution >= 0.6 is 0 Å². The molecule has 3 aromatic rings. The highest BCUT2D eigenvalue weighted by Crippen LogP contribution is 2.39. The molecule has 1 fully saturated rings. The molecule has 8 nitrogen and oxygen atoms in total. The molecule has 9 heteroatoms. The van der Waals surface area contributed by atoms with E-state index >= 15 is 0 Å². The second kappa shape index (κ2) is 9.09. The van der Waals surface area contributed by atoms with E-state index in [4.69, 9.17) is 0 Å². The molecular weight excluding hydrogens is 437 g/mol. The second-order valence-electron chi connectivity index (χ2n) is 8.58. The number of hydrogen-bond donors (Lipinski definition) is 1. The van der Waals surface area contributed by atoms with Gasteiger partial charge in [-0.15, -0.1) is 0 Å². The molecule has 2 aromatic carbocycles. The van der Waals surface area contributed by atoms with Crippen LogP contribution < -0.4 is 15.1 Å². The number of amides is 1. The molecule has 0 aliphatic carbocycles. The van der Waals surface area contributed by atoms with Gasteiger partial charge >= 0.3 is 0 Å². The molecule has 5 rings (SSSR count). The van der Waals surface area contributed by atoms with Gasteiger partial charge in [0.25, 0.3) is 5.69 Å². The number of nitrogens with one attached hydrogen (secondary N) is 1. The first-order valence-electron chi connectivity index (χ1n) is 11.2. The van der Waals surface area contributed by atoms with Crippen LogP contribution in [0.4, 0.5) is 21.5 Å². The van der Waals surface area contributed by atoms with Crippen molar-refractivity contribution in [3.05, 3.63) is 94.0 Å². The maximum atomic E-state index is 14.5. The Morgan fingerprint density at radius 2 is 1.94 bits per heavy atom. The summed E-state index contributed by atoms with van der Waals surface area (Å²) in [5.41, 5.74) is 2.95. The third-order valence-electron chi connectivity index (χ3n) is 6.61. The summed E-state index contributed by atoms with van der Waals surface area (Å²) in [6.45, 7) is 1.92. The monoisotopic (exact) mass is 461 g/mol. The van der Waals surface area contributed by atoms with Crippen molar-refractivity contribution in [2.24, 2.45) is 5.92 Å². The van der Waals surface area contributed by atoms with Gasteiger partial charge in [-0.3, -0.25) is 19.9 Å². The van der Waals surface area contributed by atoms with Gasteiger partial charge in [-0.2, -0.15) is 0 Å².